The van der Waals surface area contributed by atoms with E-state index in [2.05, 4.69) is 86.2 Å². The Kier molecular flexibility index (Phi) is 9.21. The molecule has 3 heteroatoms. The van der Waals surface area contributed by atoms with Gasteiger partial charge in [0.25, 0.3) is 0 Å². The molecule has 0 saturated heterocycles. The van der Waals surface area contributed by atoms with Gasteiger partial charge in [-0.05, 0) is 0 Å². The number of hydrogen-bond donors (Lipinski definition) is 0. The Bertz CT molecular complexity index is 831. The van der Waals surface area contributed by atoms with Crippen LogP contribution >= 0.6 is 0 Å². The third-order valence-electron chi connectivity index (χ3n) is 6.80. The molecule has 0 aliphatic heterocycles. The Morgan fingerprint density at radius 2 is 1.33 bits per heavy atom. The summed E-state index contributed by atoms with van der Waals surface area (Å²) in [5, 5.41) is 0. The number of nitrogens with zero attached hydrogens (tertiary/aromatic N) is 2. The number of benzene rings is 1. The molecule has 3 rings (SSSR count). The van der Waals surface area contributed by atoms with E-state index in [0.29, 0.717) is 17.9 Å². The third-order valence-corrected chi connectivity index (χ3v) is 7.58. The number of rotatable bonds is 4. The molecular weight excluding hydrogens is 459 g/mol. The van der Waals surface area contributed by atoms with Crippen LogP contribution in [0.2, 0.25) is 0 Å². The molecule has 1 heterocycles. The Hall–Kier alpha value is -0.908. The molecule has 1 aromatic heterocycles. The van der Waals surface area contributed by atoms with Gasteiger partial charge in [-0.3, -0.25) is 0 Å². The van der Waals surface area contributed by atoms with Gasteiger partial charge in [-0.25, -0.2) is 0 Å². The minimum atomic E-state index is 0.507. The molecule has 0 N–H and O–H groups in total. The van der Waals surface area contributed by atoms with Gasteiger partial charge < -0.3 is 0 Å². The summed E-state index contributed by atoms with van der Waals surface area (Å²) >= 11 is 3.67. The number of hydrogen-bond acceptors (Lipinski definition) is 0. The fourth-order valence-electron chi connectivity index (χ4n) is 5.14. The molecule has 1 saturated carbocycles. The van der Waals surface area contributed by atoms with Gasteiger partial charge in [0, 0.05) is 0 Å². The van der Waals surface area contributed by atoms with Crippen molar-refractivity contribution in [1.82, 2.24) is 9.13 Å². The van der Waals surface area contributed by atoms with Crippen LogP contribution in [0, 0.1) is 3.89 Å². The first-order chi connectivity index (χ1) is 14.5. The molecule has 0 atom stereocenters. The first-order valence-electron chi connectivity index (χ1n) is 12.4. The van der Waals surface area contributed by atoms with Gasteiger partial charge in [0.15, 0.2) is 0 Å². The van der Waals surface area contributed by atoms with Crippen molar-refractivity contribution < 1.29 is 18.7 Å². The van der Waals surface area contributed by atoms with Gasteiger partial charge in [0.1, 0.15) is 0 Å². The molecule has 0 radical (unpaired) electrons. The fourth-order valence-corrected chi connectivity index (χ4v) is 5.85. The van der Waals surface area contributed by atoms with Crippen LogP contribution in [-0.2, 0) is 18.7 Å². The Morgan fingerprint density at radius 3 is 1.87 bits per heavy atom. The summed E-state index contributed by atoms with van der Waals surface area (Å²) < 4.78 is 6.15. The van der Waals surface area contributed by atoms with E-state index >= 15 is 0 Å². The predicted octanol–water partition coefficient (Wildman–Crippen LogP) is 8.45. The fraction of sp³-hybridized carbons (Fsp3) is 0.667. The van der Waals surface area contributed by atoms with Gasteiger partial charge in [-0.2, -0.15) is 0 Å². The van der Waals surface area contributed by atoms with Crippen molar-refractivity contribution in [3.63, 3.8) is 0 Å². The summed E-state index contributed by atoms with van der Waals surface area (Å²) in [6, 6.07) is 7.45. The van der Waals surface area contributed by atoms with Gasteiger partial charge in [-0.1, -0.05) is 0 Å². The molecule has 0 bridgehead atoms. The number of aromatic nitrogens is 2. The van der Waals surface area contributed by atoms with Crippen molar-refractivity contribution in [2.45, 2.75) is 116 Å². The summed E-state index contributed by atoms with van der Waals surface area (Å²) in [6.45, 7) is 9.27. The molecule has 0 unspecified atom stereocenters. The molecule has 1 aliphatic carbocycles. The quantitative estimate of drug-likeness (QED) is 0.373. The average Bonchev–Trinajstić information content (AvgIpc) is 3.09. The molecule has 1 aliphatic rings. The first-order valence-corrected chi connectivity index (χ1v) is 13.2. The molecule has 2 nitrogen and oxygen atoms in total. The molecule has 0 amide bonds. The van der Waals surface area contributed by atoms with Gasteiger partial charge in [0.2, 0.25) is 0 Å². The second-order valence-electron chi connectivity index (χ2n) is 9.82. The Labute approximate surface area is 195 Å². The molecule has 30 heavy (non-hydrogen) atoms. The number of imidazole rings is 1. The van der Waals surface area contributed by atoms with E-state index in [-0.39, 0.29) is 0 Å². The van der Waals surface area contributed by atoms with Gasteiger partial charge in [-0.15, -0.1) is 0 Å². The second kappa shape index (κ2) is 11.6. The van der Waals surface area contributed by atoms with E-state index in [0.717, 1.165) is 0 Å². The normalized spacial score (nSPS) is 17.9. The summed E-state index contributed by atoms with van der Waals surface area (Å²) in [5.74, 6) is 1.05. The van der Waals surface area contributed by atoms with Crippen LogP contribution in [0.15, 0.2) is 30.6 Å². The molecule has 2 aromatic rings. The Morgan fingerprint density at radius 1 is 0.767 bits per heavy atom. The maximum absolute atomic E-state index is 3.67. The standard InChI is InChI=1S/C27H42N2.Pd/c1-22(2)25-17-14-18-26(27(25)23(3)4)29-20-19-28(21-29)24-15-12-10-8-6-5-7-9-11-13-16-24;/h14,17-20,22-24H,5-13,15-16H2,1-4H3;. The predicted molar refractivity (Wildman–Crippen MR) is 125 cm³/mol. The molecule has 170 valence electrons. The summed E-state index contributed by atoms with van der Waals surface area (Å²) in [6.07, 6.45) is 19.9. The third kappa shape index (κ3) is 5.86. The molecule has 1 fully saturated rings. The van der Waals surface area contributed by atoms with Crippen molar-refractivity contribution in [2.24, 2.45) is 0 Å². The molecule has 0 spiro atoms. The minimum absolute atomic E-state index is 0.507. The zero-order valence-electron chi connectivity index (χ0n) is 19.6. The van der Waals surface area contributed by atoms with E-state index in [1.54, 1.807) is 0 Å². The van der Waals surface area contributed by atoms with E-state index in [1.165, 1.54) is 91.3 Å². The van der Waals surface area contributed by atoms with E-state index in [9.17, 15) is 0 Å². The molecular formula is C27H42N2Pd. The van der Waals surface area contributed by atoms with Gasteiger partial charge in [0.05, 0.1) is 0 Å². The van der Waals surface area contributed by atoms with E-state index in [1.807, 2.05) is 0 Å². The van der Waals surface area contributed by atoms with Crippen LogP contribution < -0.4 is 0 Å². The zero-order chi connectivity index (χ0) is 21.5. The van der Waals surface area contributed by atoms with Crippen LogP contribution in [0.5, 0.6) is 0 Å². The summed E-state index contributed by atoms with van der Waals surface area (Å²) in [4.78, 5) is 0. The van der Waals surface area contributed by atoms with Crippen LogP contribution in [0.25, 0.3) is 5.69 Å². The topological polar surface area (TPSA) is 9.86 Å². The van der Waals surface area contributed by atoms with Crippen molar-refractivity contribution in [3.05, 3.63) is 45.6 Å². The van der Waals surface area contributed by atoms with E-state index < -0.39 is 0 Å². The average molecular weight is 501 g/mol. The monoisotopic (exact) mass is 500 g/mol. The SMILES string of the molecule is CC(C)c1cccc(-n2ccn(C3CCCCCCCCCCC3)[c]2=[Pd])c1C(C)C. The van der Waals surface area contributed by atoms with Crippen LogP contribution in [0.4, 0.5) is 0 Å². The summed E-state index contributed by atoms with van der Waals surface area (Å²) in [7, 11) is 0. The first kappa shape index (κ1) is 23.7. The zero-order valence-corrected chi connectivity index (χ0v) is 21.2. The van der Waals surface area contributed by atoms with Crippen molar-refractivity contribution in [1.29, 1.82) is 0 Å². The molecule has 1 aromatic carbocycles. The van der Waals surface area contributed by atoms with Crippen LogP contribution in [0.3, 0.4) is 0 Å². The maximum atomic E-state index is 3.67. The summed E-state index contributed by atoms with van der Waals surface area (Å²) in [5.41, 5.74) is 4.30. The van der Waals surface area contributed by atoms with Gasteiger partial charge >= 0.3 is 195 Å². The van der Waals surface area contributed by atoms with E-state index in [4.69, 9.17) is 0 Å². The van der Waals surface area contributed by atoms with Crippen LogP contribution in [0.1, 0.15) is 127 Å². The van der Waals surface area contributed by atoms with Crippen molar-refractivity contribution in [2.75, 3.05) is 0 Å². The second-order valence-corrected chi connectivity index (χ2v) is 10.5. The van der Waals surface area contributed by atoms with Crippen molar-refractivity contribution in [3.8, 4) is 5.69 Å². The van der Waals surface area contributed by atoms with Crippen molar-refractivity contribution >= 4 is 0 Å². The van der Waals surface area contributed by atoms with Crippen LogP contribution in [-0.4, -0.2) is 9.13 Å². The Balaban J connectivity index is 1.91.